The molecule has 0 radical (unpaired) electrons. The van der Waals surface area contributed by atoms with Crippen LogP contribution in [0, 0.1) is 11.8 Å². The first-order valence-electron chi connectivity index (χ1n) is 6.97. The van der Waals surface area contributed by atoms with Crippen LogP contribution in [0.1, 0.15) is 12.8 Å². The van der Waals surface area contributed by atoms with Crippen LogP contribution < -0.4 is 0 Å². The van der Waals surface area contributed by atoms with E-state index < -0.39 is 11.9 Å². The molecule has 1 heterocycles. The van der Waals surface area contributed by atoms with Crippen molar-refractivity contribution in [3.05, 3.63) is 24.3 Å². The monoisotopic (exact) mass is 307 g/mol. The number of carbonyl (C=O) groups is 4. The Labute approximate surface area is 127 Å². The van der Waals surface area contributed by atoms with Crippen molar-refractivity contribution in [3.8, 4) is 0 Å². The molecule has 2 aliphatic rings. The molecule has 7 heteroatoms. The van der Waals surface area contributed by atoms with E-state index in [0.29, 0.717) is 12.8 Å². The lowest BCUT2D eigenvalue weighted by Gasteiger charge is -2.14. The molecule has 1 aliphatic heterocycles. The Hall–Kier alpha value is -2.44. The number of hydrogen-bond donors (Lipinski definition) is 0. The fourth-order valence-electron chi connectivity index (χ4n) is 2.58. The highest BCUT2D eigenvalue weighted by Gasteiger charge is 2.46. The molecule has 1 saturated heterocycles. The third-order valence-corrected chi connectivity index (χ3v) is 3.71. The molecule has 2 unspecified atom stereocenters. The number of fused-ring (bicyclic) bond motifs is 1. The standard InChI is InChI=1S/C15H17NO6/c1-21-12(17)6-7-13(18)22-9-8-16-14(19)10-4-2-3-5-11(10)15(16)20/h2-3,6-7,10-11H,4-5,8-9H2,1H3/b7-6+. The van der Waals surface area contributed by atoms with E-state index in [0.717, 1.165) is 17.1 Å². The maximum absolute atomic E-state index is 12.1. The van der Waals surface area contributed by atoms with Crippen molar-refractivity contribution in [2.75, 3.05) is 20.3 Å². The van der Waals surface area contributed by atoms with Gasteiger partial charge in [-0.1, -0.05) is 12.2 Å². The van der Waals surface area contributed by atoms with Crippen LogP contribution in [-0.4, -0.2) is 48.9 Å². The first-order chi connectivity index (χ1) is 10.5. The maximum Gasteiger partial charge on any atom is 0.331 e. The first kappa shape index (κ1) is 15.9. The summed E-state index contributed by atoms with van der Waals surface area (Å²) in [7, 11) is 1.19. The Kier molecular flexibility index (Phi) is 5.08. The number of nitrogens with zero attached hydrogens (tertiary/aromatic N) is 1. The molecule has 0 bridgehead atoms. The molecule has 0 aromatic carbocycles. The molecule has 2 atom stereocenters. The fraction of sp³-hybridized carbons (Fsp3) is 0.467. The quantitative estimate of drug-likeness (QED) is 0.312. The number of carbonyl (C=O) groups excluding carboxylic acids is 4. The molecule has 1 fully saturated rings. The molecule has 1 aliphatic carbocycles. The highest BCUT2D eigenvalue weighted by molar-refractivity contribution is 6.05. The number of esters is 2. The van der Waals surface area contributed by atoms with Crippen molar-refractivity contribution in [1.29, 1.82) is 0 Å². The van der Waals surface area contributed by atoms with Gasteiger partial charge in [0.25, 0.3) is 0 Å². The second-order valence-corrected chi connectivity index (χ2v) is 5.01. The predicted molar refractivity (Wildman–Crippen MR) is 74.2 cm³/mol. The lowest BCUT2D eigenvalue weighted by Crippen LogP contribution is -2.34. The third kappa shape index (κ3) is 3.41. The van der Waals surface area contributed by atoms with Gasteiger partial charge in [0, 0.05) is 12.2 Å². The number of ether oxygens (including phenoxy) is 2. The van der Waals surface area contributed by atoms with Gasteiger partial charge in [-0.25, -0.2) is 9.59 Å². The zero-order valence-electron chi connectivity index (χ0n) is 12.2. The summed E-state index contributed by atoms with van der Waals surface area (Å²) in [6.45, 7) is -0.0723. The summed E-state index contributed by atoms with van der Waals surface area (Å²) < 4.78 is 9.19. The molecule has 0 N–H and O–H groups in total. The van der Waals surface area contributed by atoms with Crippen LogP contribution in [0.2, 0.25) is 0 Å². The minimum Gasteiger partial charge on any atom is -0.466 e. The number of imide groups is 1. The van der Waals surface area contributed by atoms with Crippen LogP contribution in [0.15, 0.2) is 24.3 Å². The van der Waals surface area contributed by atoms with Crippen LogP contribution in [0.3, 0.4) is 0 Å². The first-order valence-corrected chi connectivity index (χ1v) is 6.97. The summed E-state index contributed by atoms with van der Waals surface area (Å²) in [4.78, 5) is 47.6. The van der Waals surface area contributed by atoms with E-state index in [1.54, 1.807) is 0 Å². The topological polar surface area (TPSA) is 90.0 Å². The van der Waals surface area contributed by atoms with Crippen molar-refractivity contribution in [3.63, 3.8) is 0 Å². The summed E-state index contributed by atoms with van der Waals surface area (Å²) in [6.07, 6.45) is 6.85. The Morgan fingerprint density at radius 3 is 2.23 bits per heavy atom. The van der Waals surface area contributed by atoms with E-state index in [2.05, 4.69) is 4.74 Å². The third-order valence-electron chi connectivity index (χ3n) is 3.71. The van der Waals surface area contributed by atoms with Gasteiger partial charge in [-0.2, -0.15) is 0 Å². The number of rotatable bonds is 5. The van der Waals surface area contributed by atoms with Crippen LogP contribution >= 0.6 is 0 Å². The van der Waals surface area contributed by atoms with Gasteiger partial charge in [-0.3, -0.25) is 14.5 Å². The molecule has 2 rings (SSSR count). The second-order valence-electron chi connectivity index (χ2n) is 5.01. The van der Waals surface area contributed by atoms with Gasteiger partial charge in [0.15, 0.2) is 0 Å². The largest absolute Gasteiger partial charge is 0.466 e. The molecule has 22 heavy (non-hydrogen) atoms. The number of hydrogen-bond acceptors (Lipinski definition) is 6. The molecule has 118 valence electrons. The normalized spacial score (nSPS) is 23.8. The lowest BCUT2D eigenvalue weighted by molar-refractivity contribution is -0.145. The average Bonchev–Trinajstić information content (AvgIpc) is 2.78. The zero-order valence-corrected chi connectivity index (χ0v) is 12.2. The minimum absolute atomic E-state index is 0.0302. The van der Waals surface area contributed by atoms with Crippen molar-refractivity contribution in [2.24, 2.45) is 11.8 Å². The summed E-state index contributed by atoms with van der Waals surface area (Å²) in [6, 6.07) is 0. The SMILES string of the molecule is COC(=O)/C=C/C(=O)OCCN1C(=O)C2CC=CCC2C1=O. The van der Waals surface area contributed by atoms with Crippen molar-refractivity contribution in [2.45, 2.75) is 12.8 Å². The summed E-state index contributed by atoms with van der Waals surface area (Å²) >= 11 is 0. The summed E-state index contributed by atoms with van der Waals surface area (Å²) in [5.74, 6) is -2.39. The minimum atomic E-state index is -0.733. The molecule has 7 nitrogen and oxygen atoms in total. The van der Waals surface area contributed by atoms with Crippen LogP contribution in [0.5, 0.6) is 0 Å². The highest BCUT2D eigenvalue weighted by Crippen LogP contribution is 2.34. The van der Waals surface area contributed by atoms with Gasteiger partial charge < -0.3 is 9.47 Å². The van der Waals surface area contributed by atoms with E-state index >= 15 is 0 Å². The lowest BCUT2D eigenvalue weighted by atomic mass is 9.85. The fourth-order valence-corrected chi connectivity index (χ4v) is 2.58. The highest BCUT2D eigenvalue weighted by atomic mass is 16.5. The van der Waals surface area contributed by atoms with Gasteiger partial charge in [0.1, 0.15) is 6.61 Å². The smallest absolute Gasteiger partial charge is 0.331 e. The molecule has 0 saturated carbocycles. The number of methoxy groups -OCH3 is 1. The average molecular weight is 307 g/mol. The molecule has 0 aromatic heterocycles. The molecule has 0 aromatic rings. The van der Waals surface area contributed by atoms with Gasteiger partial charge in [0.2, 0.25) is 11.8 Å². The van der Waals surface area contributed by atoms with Gasteiger partial charge in [-0.15, -0.1) is 0 Å². The van der Waals surface area contributed by atoms with E-state index in [4.69, 9.17) is 4.74 Å². The number of allylic oxidation sites excluding steroid dienone is 2. The Bertz CT molecular complexity index is 524. The van der Waals surface area contributed by atoms with E-state index in [9.17, 15) is 19.2 Å². The zero-order chi connectivity index (χ0) is 16.1. The maximum atomic E-state index is 12.1. The van der Waals surface area contributed by atoms with Crippen LogP contribution in [-0.2, 0) is 28.7 Å². The molecular formula is C15H17NO6. The molecule has 2 amide bonds. The Morgan fingerprint density at radius 1 is 1.14 bits per heavy atom. The predicted octanol–water partition coefficient (Wildman–Crippen LogP) is 0.210. The van der Waals surface area contributed by atoms with Gasteiger partial charge >= 0.3 is 11.9 Å². The summed E-state index contributed by atoms with van der Waals surface area (Å²) in [5.41, 5.74) is 0. The molecular weight excluding hydrogens is 290 g/mol. The van der Waals surface area contributed by atoms with Gasteiger partial charge in [0.05, 0.1) is 25.5 Å². The van der Waals surface area contributed by atoms with Gasteiger partial charge in [-0.05, 0) is 12.8 Å². The second kappa shape index (κ2) is 7.02. The van der Waals surface area contributed by atoms with E-state index in [1.165, 1.54) is 7.11 Å². The van der Waals surface area contributed by atoms with E-state index in [-0.39, 0.29) is 36.8 Å². The Morgan fingerprint density at radius 2 is 1.68 bits per heavy atom. The van der Waals surface area contributed by atoms with Crippen LogP contribution in [0.4, 0.5) is 0 Å². The summed E-state index contributed by atoms with van der Waals surface area (Å²) in [5, 5.41) is 0. The van der Waals surface area contributed by atoms with Crippen molar-refractivity contribution >= 4 is 23.8 Å². The van der Waals surface area contributed by atoms with Crippen LogP contribution in [0.25, 0.3) is 0 Å². The number of amides is 2. The van der Waals surface area contributed by atoms with Crippen molar-refractivity contribution in [1.82, 2.24) is 4.90 Å². The number of likely N-dealkylation sites (tertiary alicyclic amines) is 1. The van der Waals surface area contributed by atoms with Crippen molar-refractivity contribution < 1.29 is 28.7 Å². The Balaban J connectivity index is 1.81. The van der Waals surface area contributed by atoms with E-state index in [1.807, 2.05) is 12.2 Å². The molecule has 0 spiro atoms.